The maximum absolute atomic E-state index is 12.3. The number of nitrogen functional groups attached to an aromatic ring is 1. The lowest BCUT2D eigenvalue weighted by Gasteiger charge is -2.10. The predicted molar refractivity (Wildman–Crippen MR) is 82.6 cm³/mol. The number of rotatable bonds is 7. The minimum absolute atomic E-state index is 0.00619. The molecule has 0 saturated heterocycles. The van der Waals surface area contributed by atoms with Gasteiger partial charge in [-0.1, -0.05) is 13.8 Å². The molecule has 0 bridgehead atoms. The van der Waals surface area contributed by atoms with Crippen LogP contribution in [0.4, 0.5) is 5.82 Å². The van der Waals surface area contributed by atoms with Gasteiger partial charge >= 0.3 is 0 Å². The van der Waals surface area contributed by atoms with Crippen LogP contribution in [0.5, 0.6) is 0 Å². The van der Waals surface area contributed by atoms with Crippen LogP contribution in [-0.2, 0) is 16.6 Å². The summed E-state index contributed by atoms with van der Waals surface area (Å²) in [5, 5.41) is 6.77. The molecule has 0 radical (unpaired) electrons. The Morgan fingerprint density at radius 2 is 2.29 bits per heavy atom. The molecule has 0 amide bonds. The van der Waals surface area contributed by atoms with Crippen LogP contribution in [0.3, 0.4) is 0 Å². The van der Waals surface area contributed by atoms with Crippen molar-refractivity contribution in [1.29, 1.82) is 0 Å². The molecule has 9 heteroatoms. The normalized spacial score (nSPS) is 13.4. The van der Waals surface area contributed by atoms with Gasteiger partial charge in [0.1, 0.15) is 4.90 Å². The van der Waals surface area contributed by atoms with Crippen LogP contribution in [0.15, 0.2) is 22.7 Å². The van der Waals surface area contributed by atoms with Gasteiger partial charge in [-0.2, -0.15) is 5.10 Å². The van der Waals surface area contributed by atoms with Crippen LogP contribution in [0.25, 0.3) is 0 Å². The van der Waals surface area contributed by atoms with Crippen molar-refractivity contribution in [3.05, 3.63) is 22.8 Å². The molecule has 0 aliphatic carbocycles. The van der Waals surface area contributed by atoms with Gasteiger partial charge in [-0.3, -0.25) is 4.68 Å². The van der Waals surface area contributed by atoms with E-state index >= 15 is 0 Å². The Labute approximate surface area is 128 Å². The van der Waals surface area contributed by atoms with Crippen LogP contribution in [0.2, 0.25) is 0 Å². The molecular formula is C12H19N5O2S2. The standard InChI is InChI=1S/C12H19N5O2S2/c1-3-5-17-8-10(11(13)16-17)21(18,19)15-7-9(2)12-14-4-6-20-12/h4,6,8-9,15H,3,5,7H2,1-2H3,(H2,13,16). The largest absolute Gasteiger partial charge is 0.381 e. The second kappa shape index (κ2) is 6.54. The first-order valence-corrected chi connectivity index (χ1v) is 9.02. The van der Waals surface area contributed by atoms with Crippen molar-refractivity contribution in [2.45, 2.75) is 37.6 Å². The van der Waals surface area contributed by atoms with E-state index in [0.29, 0.717) is 6.54 Å². The molecule has 0 saturated carbocycles. The first kappa shape index (κ1) is 15.9. The highest BCUT2D eigenvalue weighted by Crippen LogP contribution is 2.19. The van der Waals surface area contributed by atoms with Gasteiger partial charge in [0.2, 0.25) is 10.0 Å². The lowest BCUT2D eigenvalue weighted by Crippen LogP contribution is -2.28. The lowest BCUT2D eigenvalue weighted by atomic mass is 10.2. The van der Waals surface area contributed by atoms with E-state index in [-0.39, 0.29) is 23.2 Å². The summed E-state index contributed by atoms with van der Waals surface area (Å²) in [6.07, 6.45) is 4.03. The zero-order chi connectivity index (χ0) is 15.5. The summed E-state index contributed by atoms with van der Waals surface area (Å²) in [5.74, 6) is 0.0320. The summed E-state index contributed by atoms with van der Waals surface area (Å²) < 4.78 is 28.7. The third kappa shape index (κ3) is 3.80. The van der Waals surface area contributed by atoms with Gasteiger partial charge in [0.05, 0.1) is 5.01 Å². The number of nitrogens with zero attached hydrogens (tertiary/aromatic N) is 3. The van der Waals surface area contributed by atoms with Crippen molar-refractivity contribution in [3.63, 3.8) is 0 Å². The zero-order valence-corrected chi connectivity index (χ0v) is 13.6. The van der Waals surface area contributed by atoms with E-state index in [1.165, 1.54) is 17.5 Å². The summed E-state index contributed by atoms with van der Waals surface area (Å²) >= 11 is 1.50. The topological polar surface area (TPSA) is 103 Å². The Bertz CT molecular complexity index is 679. The second-order valence-corrected chi connectivity index (χ2v) is 7.43. The monoisotopic (exact) mass is 329 g/mol. The van der Waals surface area contributed by atoms with Crippen molar-refractivity contribution in [2.75, 3.05) is 12.3 Å². The zero-order valence-electron chi connectivity index (χ0n) is 12.0. The van der Waals surface area contributed by atoms with Crippen LogP contribution in [0.1, 0.15) is 31.2 Å². The van der Waals surface area contributed by atoms with Gasteiger partial charge < -0.3 is 5.73 Å². The van der Waals surface area contributed by atoms with Crippen molar-refractivity contribution in [1.82, 2.24) is 19.5 Å². The molecule has 0 aromatic carbocycles. The van der Waals surface area contributed by atoms with E-state index in [9.17, 15) is 8.42 Å². The molecule has 116 valence electrons. The molecular weight excluding hydrogens is 310 g/mol. The molecule has 0 spiro atoms. The van der Waals surface area contributed by atoms with E-state index < -0.39 is 10.0 Å². The minimum Gasteiger partial charge on any atom is -0.381 e. The molecule has 1 unspecified atom stereocenters. The Morgan fingerprint density at radius 1 is 1.52 bits per heavy atom. The third-order valence-electron chi connectivity index (χ3n) is 2.95. The van der Waals surface area contributed by atoms with Gasteiger partial charge in [-0.15, -0.1) is 11.3 Å². The van der Waals surface area contributed by atoms with Crippen molar-refractivity contribution < 1.29 is 8.42 Å². The molecule has 2 aromatic heterocycles. The average molecular weight is 329 g/mol. The molecule has 1 atom stereocenters. The van der Waals surface area contributed by atoms with Crippen LogP contribution >= 0.6 is 11.3 Å². The minimum atomic E-state index is -3.66. The number of aryl methyl sites for hydroxylation is 1. The second-order valence-electron chi connectivity index (χ2n) is 4.76. The summed E-state index contributed by atoms with van der Waals surface area (Å²) in [5.41, 5.74) is 5.70. The van der Waals surface area contributed by atoms with Gasteiger partial charge in [0.15, 0.2) is 5.82 Å². The van der Waals surface area contributed by atoms with Crippen LogP contribution in [-0.4, -0.2) is 29.7 Å². The number of aromatic nitrogens is 3. The van der Waals surface area contributed by atoms with E-state index in [4.69, 9.17) is 5.73 Å². The molecule has 0 aliphatic heterocycles. The molecule has 2 rings (SSSR count). The summed E-state index contributed by atoms with van der Waals surface area (Å²) in [4.78, 5) is 4.21. The Hall–Kier alpha value is -1.45. The molecule has 3 N–H and O–H groups in total. The maximum atomic E-state index is 12.3. The Balaban J connectivity index is 2.08. The number of nitrogens with two attached hydrogens (primary N) is 1. The smallest absolute Gasteiger partial charge is 0.245 e. The summed E-state index contributed by atoms with van der Waals surface area (Å²) in [6, 6.07) is 0. The van der Waals surface area contributed by atoms with Gasteiger partial charge in [-0.25, -0.2) is 18.1 Å². The highest BCUT2D eigenvalue weighted by atomic mass is 32.2. The third-order valence-corrected chi connectivity index (χ3v) is 5.40. The lowest BCUT2D eigenvalue weighted by molar-refractivity contribution is 0.573. The number of nitrogens with one attached hydrogen (secondary N) is 1. The predicted octanol–water partition coefficient (Wildman–Crippen LogP) is 1.41. The number of sulfonamides is 1. The van der Waals surface area contributed by atoms with Crippen molar-refractivity contribution in [2.24, 2.45) is 0 Å². The quantitative estimate of drug-likeness (QED) is 0.799. The average Bonchev–Trinajstić information content (AvgIpc) is 3.06. The van der Waals surface area contributed by atoms with Crippen molar-refractivity contribution >= 4 is 27.2 Å². The molecule has 0 fully saturated rings. The van der Waals surface area contributed by atoms with E-state index in [2.05, 4.69) is 14.8 Å². The van der Waals surface area contributed by atoms with Crippen LogP contribution < -0.4 is 10.5 Å². The van der Waals surface area contributed by atoms with Gasteiger partial charge in [0, 0.05) is 36.8 Å². The van der Waals surface area contributed by atoms with Crippen molar-refractivity contribution in [3.8, 4) is 0 Å². The van der Waals surface area contributed by atoms with E-state index in [1.54, 1.807) is 10.9 Å². The first-order chi connectivity index (χ1) is 9.94. The highest BCUT2D eigenvalue weighted by molar-refractivity contribution is 7.89. The number of thiazole rings is 1. The van der Waals surface area contributed by atoms with Gasteiger partial charge in [-0.05, 0) is 6.42 Å². The maximum Gasteiger partial charge on any atom is 0.245 e. The molecule has 7 nitrogen and oxygen atoms in total. The summed E-state index contributed by atoms with van der Waals surface area (Å²) in [7, 11) is -3.66. The SMILES string of the molecule is CCCn1cc(S(=O)(=O)NCC(C)c2nccs2)c(N)n1. The Morgan fingerprint density at radius 3 is 2.90 bits per heavy atom. The van der Waals surface area contributed by atoms with Gasteiger partial charge in [0.25, 0.3) is 0 Å². The first-order valence-electron chi connectivity index (χ1n) is 6.66. The fourth-order valence-electron chi connectivity index (χ4n) is 1.85. The summed E-state index contributed by atoms with van der Waals surface area (Å²) in [6.45, 7) is 4.81. The van der Waals surface area contributed by atoms with E-state index in [1.807, 2.05) is 19.2 Å². The molecule has 2 aromatic rings. The Kier molecular flexibility index (Phi) is 4.96. The molecule has 0 aliphatic rings. The molecule has 21 heavy (non-hydrogen) atoms. The number of hydrogen-bond donors (Lipinski definition) is 2. The van der Waals surface area contributed by atoms with Crippen LogP contribution in [0, 0.1) is 0 Å². The molecule has 2 heterocycles. The fraction of sp³-hybridized carbons (Fsp3) is 0.500. The van der Waals surface area contributed by atoms with E-state index in [0.717, 1.165) is 11.4 Å². The number of hydrogen-bond acceptors (Lipinski definition) is 6. The fourth-order valence-corrected chi connectivity index (χ4v) is 3.75. The number of anilines is 1. The highest BCUT2D eigenvalue weighted by Gasteiger charge is 2.22.